The van der Waals surface area contributed by atoms with Gasteiger partial charge in [0.2, 0.25) is 0 Å². The maximum absolute atomic E-state index is 11.8. The summed E-state index contributed by atoms with van der Waals surface area (Å²) in [5, 5.41) is 5.09. The third kappa shape index (κ3) is 9.76. The van der Waals surface area contributed by atoms with Crippen LogP contribution in [0.1, 0.15) is 61.8 Å². The molecule has 2 amide bonds. The van der Waals surface area contributed by atoms with Crippen LogP contribution in [0.2, 0.25) is 0 Å². The summed E-state index contributed by atoms with van der Waals surface area (Å²) in [6.07, 6.45) is -0.580. The van der Waals surface area contributed by atoms with Crippen LogP contribution in [0, 0.1) is 0 Å². The number of alkyl carbamates (subject to hydrolysis) is 2. The highest BCUT2D eigenvalue weighted by molar-refractivity contribution is 5.74. The Kier molecular flexibility index (Phi) is 6.73. The van der Waals surface area contributed by atoms with E-state index in [1.165, 1.54) is 0 Å². The number of carbonyl (C=O) groups excluding carboxylic acids is 2. The van der Waals surface area contributed by atoms with E-state index in [-0.39, 0.29) is 0 Å². The molecule has 0 unspecified atom stereocenters. The standard InChI is InChI=1S/C15H28N2O4/c1-9-10(2)11(16-12(18)20-14(3,4)5)17-13(19)21-15(6,7)8/h9H2,1-8H3,(H,16,18)(H,17,19). The lowest BCUT2D eigenvalue weighted by Crippen LogP contribution is -2.41. The van der Waals surface area contributed by atoms with Crippen LogP contribution in [0.15, 0.2) is 11.4 Å². The number of carbonyl (C=O) groups is 2. The molecule has 0 aliphatic rings. The second kappa shape index (κ2) is 7.33. The van der Waals surface area contributed by atoms with Gasteiger partial charge in [-0.1, -0.05) is 6.92 Å². The normalized spacial score (nSPS) is 11.4. The van der Waals surface area contributed by atoms with Crippen molar-refractivity contribution in [2.24, 2.45) is 0 Å². The Balaban J connectivity index is 4.86. The number of allylic oxidation sites excluding steroid dienone is 1. The monoisotopic (exact) mass is 300 g/mol. The quantitative estimate of drug-likeness (QED) is 0.833. The maximum Gasteiger partial charge on any atom is 0.413 e. The smallest absolute Gasteiger partial charge is 0.413 e. The van der Waals surface area contributed by atoms with Gasteiger partial charge in [0.1, 0.15) is 17.0 Å². The average molecular weight is 300 g/mol. The SMILES string of the molecule is CCC(C)=C(NC(=O)OC(C)(C)C)NC(=O)OC(C)(C)C. The molecule has 122 valence electrons. The number of hydrogen-bond donors (Lipinski definition) is 2. The molecule has 0 aliphatic carbocycles. The van der Waals surface area contributed by atoms with Gasteiger partial charge in [-0.25, -0.2) is 9.59 Å². The summed E-state index contributed by atoms with van der Waals surface area (Å²) in [4.78, 5) is 23.6. The maximum atomic E-state index is 11.8. The molecule has 21 heavy (non-hydrogen) atoms. The lowest BCUT2D eigenvalue weighted by molar-refractivity contribution is 0.0508. The summed E-state index contributed by atoms with van der Waals surface area (Å²) in [7, 11) is 0. The van der Waals surface area contributed by atoms with Crippen molar-refractivity contribution in [3.63, 3.8) is 0 Å². The van der Waals surface area contributed by atoms with Crippen LogP contribution >= 0.6 is 0 Å². The Morgan fingerprint density at radius 2 is 1.19 bits per heavy atom. The minimum Gasteiger partial charge on any atom is -0.444 e. The van der Waals surface area contributed by atoms with E-state index in [0.717, 1.165) is 5.57 Å². The Morgan fingerprint density at radius 3 is 1.43 bits per heavy atom. The first-order chi connectivity index (χ1) is 9.34. The highest BCUT2D eigenvalue weighted by Crippen LogP contribution is 2.10. The van der Waals surface area contributed by atoms with E-state index in [0.29, 0.717) is 12.2 Å². The molecule has 0 aromatic carbocycles. The number of rotatable bonds is 3. The summed E-state index contributed by atoms with van der Waals surface area (Å²) >= 11 is 0. The Hall–Kier alpha value is -1.72. The third-order valence-electron chi connectivity index (χ3n) is 2.21. The topological polar surface area (TPSA) is 76.7 Å². The second-order valence-corrected chi connectivity index (χ2v) is 6.76. The fourth-order valence-electron chi connectivity index (χ4n) is 1.23. The van der Waals surface area contributed by atoms with Gasteiger partial charge in [-0.2, -0.15) is 0 Å². The van der Waals surface area contributed by atoms with Crippen LogP contribution in [0.3, 0.4) is 0 Å². The van der Waals surface area contributed by atoms with Crippen molar-refractivity contribution in [2.75, 3.05) is 0 Å². The van der Waals surface area contributed by atoms with E-state index < -0.39 is 23.4 Å². The summed E-state index contributed by atoms with van der Waals surface area (Å²) in [5.74, 6) is 0.293. The molecular formula is C15H28N2O4. The molecule has 0 saturated carbocycles. The predicted octanol–water partition coefficient (Wildman–Crippen LogP) is 3.68. The fourth-order valence-corrected chi connectivity index (χ4v) is 1.23. The molecule has 6 nitrogen and oxygen atoms in total. The van der Waals surface area contributed by atoms with E-state index in [1.54, 1.807) is 41.5 Å². The Bertz CT molecular complexity index is 382. The van der Waals surface area contributed by atoms with Gasteiger partial charge in [-0.05, 0) is 60.5 Å². The minimum atomic E-state index is -0.624. The Labute approximate surface area is 127 Å². The molecule has 0 rings (SSSR count). The van der Waals surface area contributed by atoms with Crippen LogP contribution in [0.25, 0.3) is 0 Å². The van der Waals surface area contributed by atoms with Gasteiger partial charge in [0.15, 0.2) is 0 Å². The molecule has 0 spiro atoms. The van der Waals surface area contributed by atoms with Gasteiger partial charge in [0.05, 0.1) is 0 Å². The molecule has 0 fully saturated rings. The molecule has 0 heterocycles. The second-order valence-electron chi connectivity index (χ2n) is 6.76. The van der Waals surface area contributed by atoms with Crippen LogP contribution in [-0.2, 0) is 9.47 Å². The zero-order valence-corrected chi connectivity index (χ0v) is 14.3. The first-order valence-corrected chi connectivity index (χ1v) is 7.04. The summed E-state index contributed by atoms with van der Waals surface area (Å²) in [6, 6.07) is 0. The first-order valence-electron chi connectivity index (χ1n) is 7.04. The summed E-state index contributed by atoms with van der Waals surface area (Å²) in [6.45, 7) is 14.3. The van der Waals surface area contributed by atoms with Gasteiger partial charge in [-0.3, -0.25) is 10.6 Å². The highest BCUT2D eigenvalue weighted by Gasteiger charge is 2.21. The van der Waals surface area contributed by atoms with Gasteiger partial charge in [0, 0.05) is 0 Å². The Morgan fingerprint density at radius 1 is 0.857 bits per heavy atom. The van der Waals surface area contributed by atoms with E-state index in [2.05, 4.69) is 10.6 Å². The highest BCUT2D eigenvalue weighted by atomic mass is 16.6. The van der Waals surface area contributed by atoms with Crippen LogP contribution in [0.4, 0.5) is 9.59 Å². The van der Waals surface area contributed by atoms with E-state index in [4.69, 9.17) is 9.47 Å². The van der Waals surface area contributed by atoms with E-state index in [9.17, 15) is 9.59 Å². The molecular weight excluding hydrogens is 272 g/mol. The summed E-state index contributed by atoms with van der Waals surface area (Å²) in [5.41, 5.74) is -0.408. The van der Waals surface area contributed by atoms with Crippen LogP contribution < -0.4 is 10.6 Å². The third-order valence-corrected chi connectivity index (χ3v) is 2.21. The van der Waals surface area contributed by atoms with E-state index in [1.807, 2.05) is 13.8 Å². The van der Waals surface area contributed by atoms with Crippen molar-refractivity contribution in [1.82, 2.24) is 10.6 Å². The van der Waals surface area contributed by atoms with Crippen molar-refractivity contribution in [3.05, 3.63) is 11.4 Å². The van der Waals surface area contributed by atoms with Crippen molar-refractivity contribution < 1.29 is 19.1 Å². The lowest BCUT2D eigenvalue weighted by Gasteiger charge is -2.23. The number of amides is 2. The van der Waals surface area contributed by atoms with Crippen molar-refractivity contribution in [3.8, 4) is 0 Å². The molecule has 0 aromatic rings. The molecule has 0 aromatic heterocycles. The van der Waals surface area contributed by atoms with Gasteiger partial charge in [-0.15, -0.1) is 0 Å². The van der Waals surface area contributed by atoms with Crippen LogP contribution in [0.5, 0.6) is 0 Å². The van der Waals surface area contributed by atoms with E-state index >= 15 is 0 Å². The average Bonchev–Trinajstić information content (AvgIpc) is 2.21. The zero-order valence-electron chi connectivity index (χ0n) is 14.3. The molecule has 0 aliphatic heterocycles. The molecule has 0 atom stereocenters. The lowest BCUT2D eigenvalue weighted by atomic mass is 10.2. The fraction of sp³-hybridized carbons (Fsp3) is 0.733. The van der Waals surface area contributed by atoms with Gasteiger partial charge < -0.3 is 9.47 Å². The first kappa shape index (κ1) is 19.3. The minimum absolute atomic E-state index is 0.293. The number of nitrogens with one attached hydrogen (secondary N) is 2. The van der Waals surface area contributed by atoms with Crippen molar-refractivity contribution in [1.29, 1.82) is 0 Å². The van der Waals surface area contributed by atoms with Crippen molar-refractivity contribution in [2.45, 2.75) is 73.0 Å². The number of ether oxygens (including phenoxy) is 2. The van der Waals surface area contributed by atoms with Gasteiger partial charge >= 0.3 is 12.2 Å². The zero-order chi connectivity index (χ0) is 16.8. The largest absolute Gasteiger partial charge is 0.444 e. The molecule has 0 radical (unpaired) electrons. The van der Waals surface area contributed by atoms with Gasteiger partial charge in [0.25, 0.3) is 0 Å². The number of hydrogen-bond acceptors (Lipinski definition) is 4. The van der Waals surface area contributed by atoms with Crippen molar-refractivity contribution >= 4 is 12.2 Å². The summed E-state index contributed by atoms with van der Waals surface area (Å²) < 4.78 is 10.3. The molecule has 0 saturated heterocycles. The van der Waals surface area contributed by atoms with Crippen LogP contribution in [-0.4, -0.2) is 23.4 Å². The molecule has 6 heteroatoms. The molecule has 0 bridgehead atoms. The molecule has 2 N–H and O–H groups in total. The predicted molar refractivity (Wildman–Crippen MR) is 81.7 cm³/mol.